The minimum atomic E-state index is -0.521. The highest BCUT2D eigenvalue weighted by Gasteiger charge is 2.49. The number of hydrogen-bond acceptors (Lipinski definition) is 4. The number of rotatable bonds is 5. The van der Waals surface area contributed by atoms with E-state index in [-0.39, 0.29) is 18.1 Å². The Labute approximate surface area is 160 Å². The van der Waals surface area contributed by atoms with Gasteiger partial charge in [-0.2, -0.15) is 5.10 Å². The van der Waals surface area contributed by atoms with Crippen LogP contribution in [0.25, 0.3) is 0 Å². The van der Waals surface area contributed by atoms with E-state index in [0.29, 0.717) is 6.54 Å². The third kappa shape index (κ3) is 3.64. The van der Waals surface area contributed by atoms with Crippen molar-refractivity contribution in [3.8, 4) is 0 Å². The summed E-state index contributed by atoms with van der Waals surface area (Å²) < 4.78 is 5.92. The summed E-state index contributed by atoms with van der Waals surface area (Å²) in [5.41, 5.74) is 3.16. The van der Waals surface area contributed by atoms with Crippen LogP contribution in [0.3, 0.4) is 0 Å². The van der Waals surface area contributed by atoms with E-state index in [4.69, 9.17) is 4.74 Å². The lowest BCUT2D eigenvalue weighted by atomic mass is 9.90. The summed E-state index contributed by atoms with van der Waals surface area (Å²) in [5.74, 6) is 0.128. The summed E-state index contributed by atoms with van der Waals surface area (Å²) in [6.07, 6.45) is 6.25. The number of H-pyrrole nitrogens is 1. The Morgan fingerprint density at radius 2 is 1.93 bits per heavy atom. The number of fused-ring (bicyclic) bond motifs is 1. The van der Waals surface area contributed by atoms with Gasteiger partial charge in [0.1, 0.15) is 5.54 Å². The summed E-state index contributed by atoms with van der Waals surface area (Å²) in [6, 6.07) is 8.44. The second kappa shape index (κ2) is 7.44. The molecule has 0 spiro atoms. The second-order valence-electron chi connectivity index (χ2n) is 7.93. The smallest absolute Gasteiger partial charge is 0.241 e. The zero-order chi connectivity index (χ0) is 18.9. The first-order valence-electron chi connectivity index (χ1n) is 9.80. The molecule has 0 bridgehead atoms. The molecule has 144 valence electrons. The zero-order valence-corrected chi connectivity index (χ0v) is 16.1. The molecule has 6 nitrogen and oxygen atoms in total. The summed E-state index contributed by atoms with van der Waals surface area (Å²) in [5, 5.41) is 9.99. The molecule has 4 rings (SSSR count). The van der Waals surface area contributed by atoms with E-state index in [1.165, 1.54) is 11.1 Å². The maximum atomic E-state index is 13.5. The number of carbonyl (C=O) groups excluding carboxylic acids is 1. The normalized spacial score (nSPS) is 24.5. The lowest BCUT2D eigenvalue weighted by molar-refractivity contribution is -0.144. The van der Waals surface area contributed by atoms with Crippen molar-refractivity contribution in [1.82, 2.24) is 20.4 Å². The Balaban J connectivity index is 1.54. The maximum absolute atomic E-state index is 13.5. The Kier molecular flexibility index (Phi) is 5.02. The van der Waals surface area contributed by atoms with Crippen molar-refractivity contribution in [3.63, 3.8) is 0 Å². The summed E-state index contributed by atoms with van der Waals surface area (Å²) >= 11 is 0. The van der Waals surface area contributed by atoms with Crippen LogP contribution < -0.4 is 5.32 Å². The Morgan fingerprint density at radius 3 is 2.52 bits per heavy atom. The van der Waals surface area contributed by atoms with Crippen LogP contribution in [0.5, 0.6) is 0 Å². The van der Waals surface area contributed by atoms with E-state index in [0.717, 1.165) is 37.9 Å². The Bertz CT molecular complexity index is 754. The average Bonchev–Trinajstić information content (AvgIpc) is 3.28. The number of ether oxygens (including phenoxy) is 1. The predicted octanol–water partition coefficient (Wildman–Crippen LogP) is 1.72. The quantitative estimate of drug-likeness (QED) is 0.843. The molecule has 0 radical (unpaired) electrons. The van der Waals surface area contributed by atoms with Crippen molar-refractivity contribution < 1.29 is 9.53 Å². The molecule has 1 aliphatic carbocycles. The maximum Gasteiger partial charge on any atom is 0.241 e. The highest BCUT2D eigenvalue weighted by atomic mass is 16.5. The summed E-state index contributed by atoms with van der Waals surface area (Å²) in [7, 11) is 0. The summed E-state index contributed by atoms with van der Waals surface area (Å²) in [4.78, 5) is 15.8. The van der Waals surface area contributed by atoms with Crippen LogP contribution in [-0.2, 0) is 28.8 Å². The van der Waals surface area contributed by atoms with Gasteiger partial charge in [0.2, 0.25) is 5.91 Å². The SMILES string of the molecule is C[C@@H]1CN(C2(C(=O)NCCc3cn[nH]c3)Cc3ccccc3C2)C[C@H](C)O1. The number of aromatic nitrogens is 2. The van der Waals surface area contributed by atoms with Crippen molar-refractivity contribution in [2.24, 2.45) is 0 Å². The van der Waals surface area contributed by atoms with Crippen molar-refractivity contribution in [1.29, 1.82) is 0 Å². The number of benzene rings is 1. The van der Waals surface area contributed by atoms with E-state index >= 15 is 0 Å². The van der Waals surface area contributed by atoms with Crippen molar-refractivity contribution in [3.05, 3.63) is 53.3 Å². The van der Waals surface area contributed by atoms with Crippen LogP contribution in [-0.4, -0.2) is 58.4 Å². The van der Waals surface area contributed by atoms with Gasteiger partial charge in [-0.1, -0.05) is 24.3 Å². The van der Waals surface area contributed by atoms with Gasteiger partial charge >= 0.3 is 0 Å². The molecule has 1 saturated heterocycles. The first-order valence-corrected chi connectivity index (χ1v) is 9.80. The van der Waals surface area contributed by atoms with Crippen LogP contribution in [0.2, 0.25) is 0 Å². The number of nitrogens with one attached hydrogen (secondary N) is 2. The van der Waals surface area contributed by atoms with Gasteiger partial charge in [0, 0.05) is 38.7 Å². The molecule has 27 heavy (non-hydrogen) atoms. The number of aromatic amines is 1. The molecule has 2 atom stereocenters. The third-order valence-corrected chi connectivity index (χ3v) is 5.79. The fourth-order valence-corrected chi connectivity index (χ4v) is 4.55. The molecule has 1 aliphatic heterocycles. The number of hydrogen-bond donors (Lipinski definition) is 2. The molecule has 1 aromatic heterocycles. The van der Waals surface area contributed by atoms with E-state index in [1.807, 2.05) is 6.20 Å². The molecule has 6 heteroatoms. The van der Waals surface area contributed by atoms with E-state index < -0.39 is 5.54 Å². The third-order valence-electron chi connectivity index (χ3n) is 5.79. The van der Waals surface area contributed by atoms with Crippen LogP contribution in [0.4, 0.5) is 0 Å². The monoisotopic (exact) mass is 368 g/mol. The van der Waals surface area contributed by atoms with Gasteiger partial charge in [0.25, 0.3) is 0 Å². The first kappa shape index (κ1) is 18.2. The van der Waals surface area contributed by atoms with Gasteiger partial charge in [0.15, 0.2) is 0 Å². The van der Waals surface area contributed by atoms with Gasteiger partial charge in [-0.3, -0.25) is 14.8 Å². The highest BCUT2D eigenvalue weighted by Crippen LogP contribution is 2.36. The Morgan fingerprint density at radius 1 is 1.26 bits per heavy atom. The van der Waals surface area contributed by atoms with E-state index in [1.54, 1.807) is 6.20 Å². The fourth-order valence-electron chi connectivity index (χ4n) is 4.55. The molecule has 1 aromatic carbocycles. The van der Waals surface area contributed by atoms with Crippen molar-refractivity contribution in [2.75, 3.05) is 19.6 Å². The number of morpholine rings is 1. The molecule has 2 N–H and O–H groups in total. The molecule has 2 heterocycles. The number of amides is 1. The lowest BCUT2D eigenvalue weighted by Gasteiger charge is -2.45. The van der Waals surface area contributed by atoms with Crippen LogP contribution in [0.15, 0.2) is 36.7 Å². The number of carbonyl (C=O) groups is 1. The number of nitrogens with zero attached hydrogens (tertiary/aromatic N) is 2. The minimum absolute atomic E-state index is 0.128. The fraction of sp³-hybridized carbons (Fsp3) is 0.524. The first-order chi connectivity index (χ1) is 13.1. The molecule has 2 aliphatic rings. The Hall–Kier alpha value is -2.18. The van der Waals surface area contributed by atoms with Gasteiger partial charge in [-0.15, -0.1) is 0 Å². The predicted molar refractivity (Wildman–Crippen MR) is 103 cm³/mol. The minimum Gasteiger partial charge on any atom is -0.373 e. The molecule has 0 saturated carbocycles. The molecule has 1 fully saturated rings. The van der Waals surface area contributed by atoms with Crippen molar-refractivity contribution in [2.45, 2.75) is 50.9 Å². The average molecular weight is 368 g/mol. The standard InChI is InChI=1S/C21H28N4O2/c1-15-13-25(14-16(2)27-15)21(9-18-5-3-4-6-19(18)10-21)20(26)22-8-7-17-11-23-24-12-17/h3-6,11-12,15-16H,7-10,13-14H2,1-2H3,(H,22,26)(H,23,24)/t15-,16+. The van der Waals surface area contributed by atoms with Crippen molar-refractivity contribution >= 4 is 5.91 Å². The van der Waals surface area contributed by atoms with Gasteiger partial charge in [-0.05, 0) is 37.0 Å². The van der Waals surface area contributed by atoms with E-state index in [9.17, 15) is 4.79 Å². The van der Waals surface area contributed by atoms with Crippen LogP contribution in [0, 0.1) is 0 Å². The van der Waals surface area contributed by atoms with Gasteiger partial charge < -0.3 is 10.1 Å². The summed E-state index contributed by atoms with van der Waals surface area (Å²) in [6.45, 7) is 6.37. The lowest BCUT2D eigenvalue weighted by Crippen LogP contribution is -2.64. The molecule has 2 aromatic rings. The van der Waals surface area contributed by atoms with Crippen LogP contribution >= 0.6 is 0 Å². The largest absolute Gasteiger partial charge is 0.373 e. The van der Waals surface area contributed by atoms with Gasteiger partial charge in [-0.25, -0.2) is 0 Å². The molecular formula is C21H28N4O2. The van der Waals surface area contributed by atoms with Crippen LogP contribution in [0.1, 0.15) is 30.5 Å². The topological polar surface area (TPSA) is 70.2 Å². The zero-order valence-electron chi connectivity index (χ0n) is 16.1. The second-order valence-corrected chi connectivity index (χ2v) is 7.93. The highest BCUT2D eigenvalue weighted by molar-refractivity contribution is 5.88. The van der Waals surface area contributed by atoms with E-state index in [2.05, 4.69) is 58.5 Å². The molecule has 1 amide bonds. The molecule has 0 unspecified atom stereocenters. The molecular weight excluding hydrogens is 340 g/mol. The van der Waals surface area contributed by atoms with Gasteiger partial charge in [0.05, 0.1) is 18.4 Å².